The Morgan fingerprint density at radius 2 is 1.79 bits per heavy atom. The van der Waals surface area contributed by atoms with Crippen LogP contribution in [0.2, 0.25) is 0 Å². The quantitative estimate of drug-likeness (QED) is 0.390. The highest BCUT2D eigenvalue weighted by Gasteiger charge is 2.30. The first-order chi connectivity index (χ1) is 18.5. The van der Waals surface area contributed by atoms with Crippen molar-refractivity contribution in [3.05, 3.63) is 77.4 Å². The lowest BCUT2D eigenvalue weighted by molar-refractivity contribution is -0.137. The Kier molecular flexibility index (Phi) is 8.05. The standard InChI is InChI=1S/C27H25F3N4O5/c1-34(2)18-4-3-5-19(10-18)39-23-11-20-21(32-24(35)13-31-26(20)37)12-22(23)33-25(36)15-38-14-16-6-8-17(9-7-16)27(28,29)30/h3-12H,13-15H2,1-2H3,(H,31,37)(H,32,35)(H,33,36). The van der Waals surface area contributed by atoms with E-state index in [4.69, 9.17) is 9.47 Å². The van der Waals surface area contributed by atoms with E-state index in [1.165, 1.54) is 24.3 Å². The molecule has 0 aromatic heterocycles. The Labute approximate surface area is 221 Å². The maximum Gasteiger partial charge on any atom is 0.416 e. The Morgan fingerprint density at radius 1 is 1.05 bits per heavy atom. The monoisotopic (exact) mass is 542 g/mol. The van der Waals surface area contributed by atoms with E-state index in [1.807, 2.05) is 25.1 Å². The van der Waals surface area contributed by atoms with Gasteiger partial charge in [-0.25, -0.2) is 0 Å². The van der Waals surface area contributed by atoms with Gasteiger partial charge in [0.15, 0.2) is 5.75 Å². The van der Waals surface area contributed by atoms with Crippen LogP contribution in [0, 0.1) is 0 Å². The number of anilines is 3. The van der Waals surface area contributed by atoms with E-state index in [2.05, 4.69) is 16.0 Å². The lowest BCUT2D eigenvalue weighted by Crippen LogP contribution is -2.28. The molecular weight excluding hydrogens is 517 g/mol. The summed E-state index contributed by atoms with van der Waals surface area (Å²) in [5.41, 5.74) is 1.04. The van der Waals surface area contributed by atoms with Gasteiger partial charge < -0.3 is 30.3 Å². The predicted octanol–water partition coefficient (Wildman–Crippen LogP) is 4.40. The summed E-state index contributed by atoms with van der Waals surface area (Å²) in [6.07, 6.45) is -4.44. The molecule has 0 aliphatic carbocycles. The van der Waals surface area contributed by atoms with Crippen molar-refractivity contribution in [3.63, 3.8) is 0 Å². The molecule has 1 aliphatic rings. The number of ether oxygens (including phenoxy) is 2. The van der Waals surface area contributed by atoms with E-state index in [9.17, 15) is 27.6 Å². The van der Waals surface area contributed by atoms with Gasteiger partial charge in [0.25, 0.3) is 5.91 Å². The Hall–Kier alpha value is -4.58. The molecule has 1 aliphatic heterocycles. The summed E-state index contributed by atoms with van der Waals surface area (Å²) in [5.74, 6) is -0.932. The first-order valence-electron chi connectivity index (χ1n) is 11.7. The molecule has 0 spiro atoms. The number of rotatable bonds is 8. The SMILES string of the molecule is CN(C)c1cccc(Oc2cc3c(cc2NC(=O)COCc2ccc(C(F)(F)F)cc2)NC(=O)CNC3=O)c1. The van der Waals surface area contributed by atoms with Crippen molar-refractivity contribution in [1.29, 1.82) is 0 Å². The summed E-state index contributed by atoms with van der Waals surface area (Å²) in [4.78, 5) is 39.1. The van der Waals surface area contributed by atoms with Crippen molar-refractivity contribution < 1.29 is 37.0 Å². The van der Waals surface area contributed by atoms with Crippen LogP contribution in [-0.4, -0.2) is 45.0 Å². The molecule has 0 atom stereocenters. The van der Waals surface area contributed by atoms with E-state index in [-0.39, 0.29) is 35.8 Å². The Morgan fingerprint density at radius 3 is 2.49 bits per heavy atom. The zero-order chi connectivity index (χ0) is 28.2. The van der Waals surface area contributed by atoms with Crippen LogP contribution in [0.1, 0.15) is 21.5 Å². The van der Waals surface area contributed by atoms with Crippen LogP contribution in [0.5, 0.6) is 11.5 Å². The van der Waals surface area contributed by atoms with Crippen LogP contribution >= 0.6 is 0 Å². The molecule has 12 heteroatoms. The van der Waals surface area contributed by atoms with E-state index >= 15 is 0 Å². The number of carbonyl (C=O) groups excluding carboxylic acids is 3. The van der Waals surface area contributed by atoms with E-state index in [0.717, 1.165) is 17.8 Å². The molecule has 0 fully saturated rings. The second kappa shape index (κ2) is 11.4. The molecule has 1 heterocycles. The average molecular weight is 543 g/mol. The minimum atomic E-state index is -4.44. The number of nitrogens with one attached hydrogen (secondary N) is 3. The number of amides is 3. The van der Waals surface area contributed by atoms with Crippen molar-refractivity contribution >= 4 is 34.8 Å². The van der Waals surface area contributed by atoms with Crippen molar-refractivity contribution in [2.45, 2.75) is 12.8 Å². The second-order valence-electron chi connectivity index (χ2n) is 8.85. The number of hydrogen-bond acceptors (Lipinski definition) is 6. The minimum Gasteiger partial charge on any atom is -0.455 e. The number of hydrogen-bond donors (Lipinski definition) is 3. The highest BCUT2D eigenvalue weighted by molar-refractivity contribution is 6.10. The molecular formula is C27H25F3N4O5. The van der Waals surface area contributed by atoms with Crippen LogP contribution in [0.15, 0.2) is 60.7 Å². The lowest BCUT2D eigenvalue weighted by Gasteiger charge is -2.18. The fraction of sp³-hybridized carbons (Fsp3) is 0.222. The summed E-state index contributed by atoms with van der Waals surface area (Å²) < 4.78 is 49.6. The van der Waals surface area contributed by atoms with Gasteiger partial charge in [0.1, 0.15) is 12.4 Å². The molecule has 3 N–H and O–H groups in total. The van der Waals surface area contributed by atoms with Crippen molar-refractivity contribution in [2.75, 3.05) is 42.8 Å². The van der Waals surface area contributed by atoms with Gasteiger partial charge in [0, 0.05) is 25.8 Å². The predicted molar refractivity (Wildman–Crippen MR) is 138 cm³/mol. The van der Waals surface area contributed by atoms with Crippen LogP contribution < -0.4 is 25.6 Å². The van der Waals surface area contributed by atoms with Crippen molar-refractivity contribution in [3.8, 4) is 11.5 Å². The zero-order valence-corrected chi connectivity index (χ0v) is 21.0. The number of alkyl halides is 3. The molecule has 0 saturated carbocycles. The molecule has 0 radical (unpaired) electrons. The van der Waals surface area contributed by atoms with Crippen LogP contribution in [0.25, 0.3) is 0 Å². The fourth-order valence-electron chi connectivity index (χ4n) is 3.69. The zero-order valence-electron chi connectivity index (χ0n) is 21.0. The third kappa shape index (κ3) is 7.05. The first-order valence-corrected chi connectivity index (χ1v) is 11.7. The molecule has 204 valence electrons. The van der Waals surface area contributed by atoms with Crippen LogP contribution in [0.4, 0.5) is 30.2 Å². The Balaban J connectivity index is 1.52. The molecule has 3 aromatic carbocycles. The highest BCUT2D eigenvalue weighted by Crippen LogP contribution is 2.36. The molecule has 4 rings (SSSR count). The summed E-state index contributed by atoms with van der Waals surface area (Å²) >= 11 is 0. The van der Waals surface area contributed by atoms with Gasteiger partial charge in [-0.3, -0.25) is 14.4 Å². The molecule has 9 nitrogen and oxygen atoms in total. The molecule has 0 unspecified atom stereocenters. The van der Waals surface area contributed by atoms with Gasteiger partial charge >= 0.3 is 6.18 Å². The normalized spacial score (nSPS) is 13.1. The highest BCUT2D eigenvalue weighted by atomic mass is 19.4. The fourth-order valence-corrected chi connectivity index (χ4v) is 3.69. The third-order valence-corrected chi connectivity index (χ3v) is 5.67. The van der Waals surface area contributed by atoms with Gasteiger partial charge in [0.05, 0.1) is 35.7 Å². The van der Waals surface area contributed by atoms with E-state index < -0.39 is 36.1 Å². The first kappa shape index (κ1) is 27.5. The second-order valence-corrected chi connectivity index (χ2v) is 8.85. The summed E-state index contributed by atoms with van der Waals surface area (Å²) in [5, 5.41) is 7.76. The summed E-state index contributed by atoms with van der Waals surface area (Å²) in [6, 6.07) is 14.4. The largest absolute Gasteiger partial charge is 0.455 e. The summed E-state index contributed by atoms with van der Waals surface area (Å²) in [7, 11) is 3.73. The number of carbonyl (C=O) groups is 3. The lowest BCUT2D eigenvalue weighted by atomic mass is 10.1. The smallest absolute Gasteiger partial charge is 0.416 e. The number of benzene rings is 3. The van der Waals surface area contributed by atoms with Gasteiger partial charge in [0.2, 0.25) is 11.8 Å². The van der Waals surface area contributed by atoms with Crippen LogP contribution in [0.3, 0.4) is 0 Å². The third-order valence-electron chi connectivity index (χ3n) is 5.67. The van der Waals surface area contributed by atoms with Crippen LogP contribution in [-0.2, 0) is 27.1 Å². The van der Waals surface area contributed by atoms with Crippen molar-refractivity contribution in [2.24, 2.45) is 0 Å². The number of halogens is 3. The van der Waals surface area contributed by atoms with Gasteiger partial charge in [-0.15, -0.1) is 0 Å². The maximum absolute atomic E-state index is 12.7. The van der Waals surface area contributed by atoms with E-state index in [0.29, 0.717) is 11.3 Å². The van der Waals surface area contributed by atoms with E-state index in [1.54, 1.807) is 18.2 Å². The molecule has 0 saturated heterocycles. The average Bonchev–Trinajstić information content (AvgIpc) is 3.01. The Bertz CT molecular complexity index is 1390. The maximum atomic E-state index is 12.7. The molecule has 3 amide bonds. The molecule has 0 bridgehead atoms. The topological polar surface area (TPSA) is 109 Å². The van der Waals surface area contributed by atoms with Gasteiger partial charge in [-0.2, -0.15) is 13.2 Å². The summed E-state index contributed by atoms with van der Waals surface area (Å²) in [6.45, 7) is -0.721. The number of fused-ring (bicyclic) bond motifs is 1. The number of nitrogens with zero attached hydrogens (tertiary/aromatic N) is 1. The van der Waals surface area contributed by atoms with Gasteiger partial charge in [-0.1, -0.05) is 18.2 Å². The molecule has 3 aromatic rings. The van der Waals surface area contributed by atoms with Gasteiger partial charge in [-0.05, 0) is 42.0 Å². The molecule has 39 heavy (non-hydrogen) atoms. The minimum absolute atomic E-state index is 0.0906. The van der Waals surface area contributed by atoms with Crippen molar-refractivity contribution in [1.82, 2.24) is 5.32 Å².